The fourth-order valence-corrected chi connectivity index (χ4v) is 5.75. The summed E-state index contributed by atoms with van der Waals surface area (Å²) in [6, 6.07) is 4.36. The van der Waals surface area contributed by atoms with Crippen molar-refractivity contribution < 1.29 is 4.74 Å². The van der Waals surface area contributed by atoms with E-state index in [1.807, 2.05) is 12.4 Å². The average Bonchev–Trinajstić information content (AvgIpc) is 3.56. The maximum atomic E-state index is 5.62. The lowest BCUT2D eigenvalue weighted by Gasteiger charge is -2.32. The van der Waals surface area contributed by atoms with Gasteiger partial charge in [-0.05, 0) is 44.2 Å². The number of fused-ring (bicyclic) bond motifs is 3. The molecular weight excluding hydrogens is 422 g/mol. The van der Waals surface area contributed by atoms with Crippen LogP contribution in [-0.2, 0) is 19.4 Å². The van der Waals surface area contributed by atoms with Crippen LogP contribution in [0, 0.1) is 5.92 Å². The first-order valence-corrected chi connectivity index (χ1v) is 12.2. The molecule has 0 radical (unpaired) electrons. The lowest BCUT2D eigenvalue weighted by Crippen LogP contribution is -2.34. The summed E-state index contributed by atoms with van der Waals surface area (Å²) in [4.78, 5) is 18.7. The van der Waals surface area contributed by atoms with Gasteiger partial charge in [0, 0.05) is 30.6 Å². The summed E-state index contributed by atoms with van der Waals surface area (Å²) in [7, 11) is 1.66. The minimum absolute atomic E-state index is 0.280. The molecule has 0 N–H and O–H groups in total. The SMILES string of the molecule is COc1nc(-c2nc(N3CC(C)Cn4nc5c(c43)CCC5)cs2)ccc1N1C=NC(C)C1. The van der Waals surface area contributed by atoms with E-state index in [1.54, 1.807) is 18.4 Å². The molecule has 3 aromatic heterocycles. The number of hydrogen-bond acceptors (Lipinski definition) is 8. The van der Waals surface area contributed by atoms with Crippen LogP contribution in [0.4, 0.5) is 17.3 Å². The number of thiazole rings is 1. The van der Waals surface area contributed by atoms with Gasteiger partial charge in [0.25, 0.3) is 0 Å². The average molecular weight is 450 g/mol. The highest BCUT2D eigenvalue weighted by atomic mass is 32.1. The van der Waals surface area contributed by atoms with Crippen molar-refractivity contribution in [3.8, 4) is 16.6 Å². The van der Waals surface area contributed by atoms with Crippen molar-refractivity contribution in [2.45, 2.75) is 45.7 Å². The van der Waals surface area contributed by atoms with E-state index in [4.69, 9.17) is 19.8 Å². The summed E-state index contributed by atoms with van der Waals surface area (Å²) in [6.45, 7) is 7.16. The van der Waals surface area contributed by atoms with Crippen molar-refractivity contribution in [2.75, 3.05) is 30.0 Å². The molecule has 1 aliphatic carbocycles. The Hall–Kier alpha value is -2.94. The van der Waals surface area contributed by atoms with Crippen LogP contribution in [0.2, 0.25) is 0 Å². The lowest BCUT2D eigenvalue weighted by molar-refractivity contribution is 0.399. The van der Waals surface area contributed by atoms with Crippen LogP contribution in [0.15, 0.2) is 22.5 Å². The van der Waals surface area contributed by atoms with E-state index in [-0.39, 0.29) is 6.04 Å². The second-order valence-corrected chi connectivity index (χ2v) is 9.86. The highest BCUT2D eigenvalue weighted by molar-refractivity contribution is 7.13. The Morgan fingerprint density at radius 2 is 2.00 bits per heavy atom. The molecule has 9 heteroatoms. The van der Waals surface area contributed by atoms with E-state index in [2.05, 4.69) is 44.8 Å². The van der Waals surface area contributed by atoms with Gasteiger partial charge in [-0.1, -0.05) is 6.92 Å². The molecule has 0 amide bonds. The molecule has 2 atom stereocenters. The second-order valence-electron chi connectivity index (χ2n) is 9.00. The summed E-state index contributed by atoms with van der Waals surface area (Å²) in [5.41, 5.74) is 4.45. The number of aromatic nitrogens is 4. The Labute approximate surface area is 191 Å². The lowest BCUT2D eigenvalue weighted by atomic mass is 10.1. The van der Waals surface area contributed by atoms with E-state index >= 15 is 0 Å². The Kier molecular flexibility index (Phi) is 4.67. The molecule has 0 spiro atoms. The number of ether oxygens (including phenoxy) is 1. The Morgan fingerprint density at radius 3 is 2.81 bits per heavy atom. The van der Waals surface area contributed by atoms with Crippen LogP contribution in [-0.4, -0.2) is 52.3 Å². The van der Waals surface area contributed by atoms with Gasteiger partial charge in [-0.2, -0.15) is 5.10 Å². The molecule has 32 heavy (non-hydrogen) atoms. The number of hydrogen-bond donors (Lipinski definition) is 0. The molecule has 5 heterocycles. The highest BCUT2D eigenvalue weighted by Gasteiger charge is 2.32. The third kappa shape index (κ3) is 3.18. The fourth-order valence-electron chi connectivity index (χ4n) is 4.97. The van der Waals surface area contributed by atoms with Gasteiger partial charge >= 0.3 is 0 Å². The van der Waals surface area contributed by atoms with Crippen LogP contribution in [0.3, 0.4) is 0 Å². The Bertz CT molecular complexity index is 1200. The summed E-state index contributed by atoms with van der Waals surface area (Å²) in [5, 5.41) is 7.94. The van der Waals surface area contributed by atoms with Gasteiger partial charge in [-0.15, -0.1) is 11.3 Å². The molecule has 0 fully saturated rings. The van der Waals surface area contributed by atoms with Crippen LogP contribution >= 0.6 is 11.3 Å². The monoisotopic (exact) mass is 449 g/mol. The van der Waals surface area contributed by atoms with Crippen molar-refractivity contribution >= 4 is 35.0 Å². The van der Waals surface area contributed by atoms with Gasteiger partial charge in [0.2, 0.25) is 5.88 Å². The van der Waals surface area contributed by atoms with E-state index in [1.165, 1.54) is 23.5 Å². The molecule has 2 unspecified atom stereocenters. The zero-order chi connectivity index (χ0) is 21.8. The van der Waals surface area contributed by atoms with Gasteiger partial charge in [0.05, 0.1) is 25.2 Å². The van der Waals surface area contributed by atoms with Crippen molar-refractivity contribution in [1.82, 2.24) is 19.7 Å². The molecule has 0 saturated carbocycles. The van der Waals surface area contributed by atoms with Gasteiger partial charge < -0.3 is 14.5 Å². The molecule has 3 aromatic rings. The first-order valence-electron chi connectivity index (χ1n) is 11.3. The minimum Gasteiger partial charge on any atom is -0.479 e. The molecule has 0 bridgehead atoms. The zero-order valence-corrected chi connectivity index (χ0v) is 19.5. The number of aliphatic imine (C=N–C) groups is 1. The maximum Gasteiger partial charge on any atom is 0.238 e. The second kappa shape index (κ2) is 7.58. The smallest absolute Gasteiger partial charge is 0.238 e. The topological polar surface area (TPSA) is 71.7 Å². The number of anilines is 3. The number of nitrogens with zero attached hydrogens (tertiary/aromatic N) is 7. The van der Waals surface area contributed by atoms with Crippen molar-refractivity contribution in [2.24, 2.45) is 10.9 Å². The number of methoxy groups -OCH3 is 1. The maximum absolute atomic E-state index is 5.62. The number of pyridine rings is 1. The molecule has 166 valence electrons. The van der Waals surface area contributed by atoms with Crippen LogP contribution in [0.25, 0.3) is 10.7 Å². The summed E-state index contributed by atoms with van der Waals surface area (Å²) >= 11 is 1.63. The quantitative estimate of drug-likeness (QED) is 0.601. The van der Waals surface area contributed by atoms with Gasteiger partial charge in [0.15, 0.2) is 0 Å². The van der Waals surface area contributed by atoms with E-state index in [0.29, 0.717) is 11.8 Å². The third-order valence-corrected chi connectivity index (χ3v) is 7.28. The van der Waals surface area contributed by atoms with Crippen LogP contribution in [0.1, 0.15) is 31.5 Å². The van der Waals surface area contributed by atoms with Crippen molar-refractivity contribution in [3.05, 3.63) is 28.8 Å². The first kappa shape index (κ1) is 19.7. The third-order valence-electron chi connectivity index (χ3n) is 6.43. The highest BCUT2D eigenvalue weighted by Crippen LogP contribution is 2.40. The normalized spacial score (nSPS) is 21.8. The zero-order valence-electron chi connectivity index (χ0n) is 18.7. The predicted octanol–water partition coefficient (Wildman–Crippen LogP) is 3.92. The standard InChI is InChI=1S/C23H27N7OS/c1-14-9-29(23-16-5-4-6-17(16)27-30(23)10-14)20-12-32-22(26-20)18-7-8-19(21(25-18)31-3)28-11-15(2)24-13-28/h7-8,12-15H,4-6,9-11H2,1-3H3. The van der Waals surface area contributed by atoms with Crippen LogP contribution in [0.5, 0.6) is 5.88 Å². The molecular formula is C23H27N7OS. The Balaban J connectivity index is 1.33. The summed E-state index contributed by atoms with van der Waals surface area (Å²) in [6.07, 6.45) is 5.28. The molecule has 8 nitrogen and oxygen atoms in total. The Morgan fingerprint density at radius 1 is 1.09 bits per heavy atom. The molecule has 3 aliphatic rings. The molecule has 0 saturated heterocycles. The van der Waals surface area contributed by atoms with E-state index < -0.39 is 0 Å². The first-order chi connectivity index (χ1) is 15.6. The van der Waals surface area contributed by atoms with Crippen molar-refractivity contribution in [1.29, 1.82) is 0 Å². The summed E-state index contributed by atoms with van der Waals surface area (Å²) in [5.74, 6) is 3.35. The number of rotatable bonds is 4. The molecule has 2 aliphatic heterocycles. The van der Waals surface area contributed by atoms with Gasteiger partial charge in [0.1, 0.15) is 28.0 Å². The fraction of sp³-hybridized carbons (Fsp3) is 0.478. The van der Waals surface area contributed by atoms with Gasteiger partial charge in [-0.3, -0.25) is 4.99 Å². The predicted molar refractivity (Wildman–Crippen MR) is 128 cm³/mol. The largest absolute Gasteiger partial charge is 0.479 e. The van der Waals surface area contributed by atoms with E-state index in [0.717, 1.165) is 54.7 Å². The number of aryl methyl sites for hydroxylation is 1. The minimum atomic E-state index is 0.280. The van der Waals surface area contributed by atoms with Gasteiger partial charge in [-0.25, -0.2) is 14.6 Å². The van der Waals surface area contributed by atoms with Crippen LogP contribution < -0.4 is 14.5 Å². The molecule has 6 rings (SSSR count). The summed E-state index contributed by atoms with van der Waals surface area (Å²) < 4.78 is 7.82. The molecule has 0 aromatic carbocycles. The van der Waals surface area contributed by atoms with Crippen molar-refractivity contribution in [3.63, 3.8) is 0 Å². The van der Waals surface area contributed by atoms with E-state index in [9.17, 15) is 0 Å².